The molecule has 0 saturated carbocycles. The third-order valence-electron chi connectivity index (χ3n) is 2.80. The van der Waals surface area contributed by atoms with Crippen molar-refractivity contribution in [1.82, 2.24) is 4.98 Å². The third kappa shape index (κ3) is 3.05. The van der Waals surface area contributed by atoms with Gasteiger partial charge >= 0.3 is 6.09 Å². The summed E-state index contributed by atoms with van der Waals surface area (Å²) < 4.78 is 5.40. The van der Waals surface area contributed by atoms with Crippen molar-refractivity contribution >= 4 is 11.9 Å². The van der Waals surface area contributed by atoms with E-state index in [0.29, 0.717) is 18.1 Å². The Balaban J connectivity index is 2.31. The van der Waals surface area contributed by atoms with Gasteiger partial charge in [0.05, 0.1) is 0 Å². The number of ether oxygens (including phenoxy) is 1. The first-order valence-corrected chi connectivity index (χ1v) is 6.38. The van der Waals surface area contributed by atoms with Gasteiger partial charge in [-0.3, -0.25) is 4.90 Å². The maximum atomic E-state index is 12.2. The van der Waals surface area contributed by atoms with Crippen LogP contribution < -0.4 is 4.90 Å². The Labute approximate surface area is 113 Å². The molecule has 4 nitrogen and oxygen atoms in total. The molecule has 0 aliphatic carbocycles. The number of amides is 1. The van der Waals surface area contributed by atoms with Gasteiger partial charge in [-0.2, -0.15) is 0 Å². The molecule has 0 spiro atoms. The van der Waals surface area contributed by atoms with E-state index in [1.807, 2.05) is 26.8 Å². The van der Waals surface area contributed by atoms with Crippen molar-refractivity contribution in [1.29, 1.82) is 0 Å². The van der Waals surface area contributed by atoms with Crippen LogP contribution in [0.25, 0.3) is 0 Å². The smallest absolute Gasteiger partial charge is 0.416 e. The summed E-state index contributed by atoms with van der Waals surface area (Å²) in [6, 6.07) is 3.74. The largest absolute Gasteiger partial charge is 0.443 e. The highest BCUT2D eigenvalue weighted by atomic mass is 16.6. The van der Waals surface area contributed by atoms with Crippen LogP contribution in [0.15, 0.2) is 12.1 Å². The number of hydrogen-bond donors (Lipinski definition) is 0. The molecule has 0 aromatic carbocycles. The number of nitrogens with zero attached hydrogens (tertiary/aromatic N) is 2. The van der Waals surface area contributed by atoms with Crippen molar-refractivity contribution in [2.24, 2.45) is 0 Å². The van der Waals surface area contributed by atoms with Crippen LogP contribution in [0.2, 0.25) is 0 Å². The average Bonchev–Trinajstić information content (AvgIpc) is 2.35. The third-order valence-corrected chi connectivity index (χ3v) is 2.80. The molecule has 1 amide bonds. The van der Waals surface area contributed by atoms with Gasteiger partial charge in [0.15, 0.2) is 0 Å². The molecule has 0 saturated heterocycles. The van der Waals surface area contributed by atoms with E-state index in [0.717, 1.165) is 18.4 Å². The zero-order valence-corrected chi connectivity index (χ0v) is 11.6. The van der Waals surface area contributed by atoms with Crippen LogP contribution in [0.4, 0.5) is 10.6 Å². The van der Waals surface area contributed by atoms with E-state index in [-0.39, 0.29) is 6.09 Å². The maximum absolute atomic E-state index is 12.2. The summed E-state index contributed by atoms with van der Waals surface area (Å²) in [7, 11) is 0. The van der Waals surface area contributed by atoms with E-state index >= 15 is 0 Å². The number of carbonyl (C=O) groups is 1. The molecule has 0 radical (unpaired) electrons. The van der Waals surface area contributed by atoms with Crippen LogP contribution in [-0.2, 0) is 11.2 Å². The van der Waals surface area contributed by atoms with E-state index in [1.54, 1.807) is 11.0 Å². The molecule has 2 heterocycles. The van der Waals surface area contributed by atoms with Crippen LogP contribution in [0.1, 0.15) is 38.4 Å². The molecular formula is C15H18N2O2. The number of pyridine rings is 1. The Bertz CT molecular complexity index is 538. The lowest BCUT2D eigenvalue weighted by Gasteiger charge is -2.30. The monoisotopic (exact) mass is 258 g/mol. The summed E-state index contributed by atoms with van der Waals surface area (Å²) in [4.78, 5) is 18.1. The standard InChI is InChI=1S/C15H18N2O2/c1-5-12-9-8-11-7-6-10-17(13(11)16-12)14(18)19-15(2,3)4/h1,8-9H,6-7,10H2,2-4H3. The number of carbonyl (C=O) groups excluding carboxylic acids is 1. The molecule has 0 atom stereocenters. The van der Waals surface area contributed by atoms with Gasteiger partial charge in [-0.1, -0.05) is 12.0 Å². The normalized spacial score (nSPS) is 14.5. The number of fused-ring (bicyclic) bond motifs is 1. The average molecular weight is 258 g/mol. The Hall–Kier alpha value is -2.02. The summed E-state index contributed by atoms with van der Waals surface area (Å²) in [6.07, 6.45) is 6.81. The minimum atomic E-state index is -0.515. The minimum absolute atomic E-state index is 0.366. The van der Waals surface area contributed by atoms with Crippen molar-refractivity contribution < 1.29 is 9.53 Å². The van der Waals surface area contributed by atoms with E-state index in [9.17, 15) is 4.79 Å². The number of anilines is 1. The summed E-state index contributed by atoms with van der Waals surface area (Å²) in [5.74, 6) is 3.13. The second kappa shape index (κ2) is 4.93. The number of aromatic nitrogens is 1. The topological polar surface area (TPSA) is 42.4 Å². The minimum Gasteiger partial charge on any atom is -0.443 e. The molecular weight excluding hydrogens is 240 g/mol. The lowest BCUT2D eigenvalue weighted by molar-refractivity contribution is 0.0576. The highest BCUT2D eigenvalue weighted by Gasteiger charge is 2.28. The van der Waals surface area contributed by atoms with Crippen molar-refractivity contribution in [2.45, 2.75) is 39.2 Å². The van der Waals surface area contributed by atoms with Gasteiger partial charge in [-0.15, -0.1) is 6.42 Å². The molecule has 2 rings (SSSR count). The predicted molar refractivity (Wildman–Crippen MR) is 74.1 cm³/mol. The molecule has 4 heteroatoms. The van der Waals surface area contributed by atoms with E-state index in [1.165, 1.54) is 0 Å². The van der Waals surface area contributed by atoms with Crippen LogP contribution in [0.5, 0.6) is 0 Å². The van der Waals surface area contributed by atoms with Crippen LogP contribution in [0, 0.1) is 12.3 Å². The Morgan fingerprint density at radius 3 is 2.84 bits per heavy atom. The highest BCUT2D eigenvalue weighted by Crippen LogP contribution is 2.26. The molecule has 1 aliphatic heterocycles. The molecule has 0 fully saturated rings. The molecule has 0 N–H and O–H groups in total. The molecule has 0 bridgehead atoms. The number of rotatable bonds is 0. The lowest BCUT2D eigenvalue weighted by atomic mass is 10.1. The first-order valence-electron chi connectivity index (χ1n) is 6.38. The van der Waals surface area contributed by atoms with Gasteiger partial charge in [0.1, 0.15) is 17.1 Å². The summed E-state index contributed by atoms with van der Waals surface area (Å²) in [5.41, 5.74) is 1.06. The number of aryl methyl sites for hydroxylation is 1. The summed E-state index contributed by atoms with van der Waals surface area (Å²) in [6.45, 7) is 6.16. The summed E-state index contributed by atoms with van der Waals surface area (Å²) >= 11 is 0. The van der Waals surface area contributed by atoms with Crippen molar-refractivity contribution in [3.63, 3.8) is 0 Å². The first kappa shape index (κ1) is 13.4. The van der Waals surface area contributed by atoms with Gasteiger partial charge in [0, 0.05) is 6.54 Å². The van der Waals surface area contributed by atoms with Crippen LogP contribution in [-0.4, -0.2) is 23.2 Å². The Morgan fingerprint density at radius 1 is 1.47 bits per heavy atom. The predicted octanol–water partition coefficient (Wildman–Crippen LogP) is 2.75. The van der Waals surface area contributed by atoms with Crippen molar-refractivity contribution in [3.8, 4) is 12.3 Å². The number of terminal acetylenes is 1. The van der Waals surface area contributed by atoms with Gasteiger partial charge in [-0.05, 0) is 45.2 Å². The van der Waals surface area contributed by atoms with Crippen molar-refractivity contribution in [2.75, 3.05) is 11.4 Å². The molecule has 1 aromatic rings. The van der Waals surface area contributed by atoms with Crippen LogP contribution in [0.3, 0.4) is 0 Å². The van der Waals surface area contributed by atoms with Crippen molar-refractivity contribution in [3.05, 3.63) is 23.4 Å². The fraction of sp³-hybridized carbons (Fsp3) is 0.467. The lowest BCUT2D eigenvalue weighted by Crippen LogP contribution is -2.40. The van der Waals surface area contributed by atoms with Gasteiger partial charge in [0.2, 0.25) is 0 Å². The summed E-state index contributed by atoms with van der Waals surface area (Å²) in [5, 5.41) is 0. The van der Waals surface area contributed by atoms with E-state index in [2.05, 4.69) is 10.9 Å². The number of hydrogen-bond acceptors (Lipinski definition) is 3. The molecule has 1 aliphatic rings. The van der Waals surface area contributed by atoms with Gasteiger partial charge in [0.25, 0.3) is 0 Å². The SMILES string of the molecule is C#Cc1ccc2c(n1)N(C(=O)OC(C)(C)C)CCC2. The zero-order valence-electron chi connectivity index (χ0n) is 11.6. The fourth-order valence-electron chi connectivity index (χ4n) is 2.01. The highest BCUT2D eigenvalue weighted by molar-refractivity contribution is 5.88. The molecule has 1 aromatic heterocycles. The second-order valence-electron chi connectivity index (χ2n) is 5.56. The molecule has 19 heavy (non-hydrogen) atoms. The van der Waals surface area contributed by atoms with Gasteiger partial charge in [-0.25, -0.2) is 9.78 Å². The van der Waals surface area contributed by atoms with Gasteiger partial charge < -0.3 is 4.74 Å². The van der Waals surface area contributed by atoms with Crippen LogP contribution >= 0.6 is 0 Å². The zero-order chi connectivity index (χ0) is 14.0. The maximum Gasteiger partial charge on any atom is 0.416 e. The second-order valence-corrected chi connectivity index (χ2v) is 5.56. The Morgan fingerprint density at radius 2 is 2.21 bits per heavy atom. The first-order chi connectivity index (χ1) is 8.90. The van der Waals surface area contributed by atoms with E-state index < -0.39 is 5.60 Å². The quantitative estimate of drug-likeness (QED) is 0.672. The fourth-order valence-corrected chi connectivity index (χ4v) is 2.01. The van der Waals surface area contributed by atoms with E-state index in [4.69, 9.17) is 11.2 Å². The Kier molecular flexibility index (Phi) is 3.48. The molecule has 0 unspecified atom stereocenters. The molecule has 100 valence electrons.